The molecule has 0 aliphatic rings. The Kier molecular flexibility index (Phi) is 3.77. The predicted molar refractivity (Wildman–Crippen MR) is 89.7 cm³/mol. The van der Waals surface area contributed by atoms with Crippen LogP contribution in [0.15, 0.2) is 66.7 Å². The Morgan fingerprint density at radius 2 is 1.45 bits per heavy atom. The quantitative estimate of drug-likeness (QED) is 0.669. The average molecular weight is 326 g/mol. The fourth-order valence-electron chi connectivity index (χ4n) is 2.22. The molecular weight excluding hydrogens is 309 g/mol. The van der Waals surface area contributed by atoms with E-state index < -0.39 is 0 Å². The number of anilines is 1. The Morgan fingerprint density at radius 3 is 2.20 bits per heavy atom. The summed E-state index contributed by atoms with van der Waals surface area (Å²) in [6.45, 7) is 0. The molecular formula is C18H17NSe. The van der Waals surface area contributed by atoms with Crippen LogP contribution in [0.1, 0.15) is 0 Å². The molecule has 0 unspecified atom stereocenters. The first-order valence-electron chi connectivity index (χ1n) is 6.67. The minimum absolute atomic E-state index is 0.353. The van der Waals surface area contributed by atoms with Crippen LogP contribution in [-0.4, -0.2) is 29.1 Å². The van der Waals surface area contributed by atoms with Crippen molar-refractivity contribution in [1.29, 1.82) is 0 Å². The van der Waals surface area contributed by atoms with Gasteiger partial charge in [0.25, 0.3) is 0 Å². The first kappa shape index (κ1) is 13.2. The summed E-state index contributed by atoms with van der Waals surface area (Å²) in [4.78, 5) is 2.13. The maximum absolute atomic E-state index is 2.25. The monoisotopic (exact) mass is 327 g/mol. The molecule has 3 rings (SSSR count). The Balaban J connectivity index is 1.93. The average Bonchev–Trinajstić information content (AvgIpc) is 2.48. The number of hydrogen-bond acceptors (Lipinski definition) is 1. The Hall–Kier alpha value is -1.76. The van der Waals surface area contributed by atoms with Crippen LogP contribution in [0.5, 0.6) is 0 Å². The molecule has 0 fully saturated rings. The van der Waals surface area contributed by atoms with Gasteiger partial charge in [-0.05, 0) is 0 Å². The molecule has 0 saturated heterocycles. The second-order valence-electron chi connectivity index (χ2n) is 4.97. The van der Waals surface area contributed by atoms with E-state index in [0.29, 0.717) is 15.0 Å². The number of hydrogen-bond donors (Lipinski definition) is 0. The van der Waals surface area contributed by atoms with Crippen molar-refractivity contribution in [2.45, 2.75) is 0 Å². The van der Waals surface area contributed by atoms with E-state index in [1.807, 2.05) is 0 Å². The molecule has 0 saturated carbocycles. The summed E-state index contributed by atoms with van der Waals surface area (Å²) in [5.41, 5.74) is 1.25. The summed E-state index contributed by atoms with van der Waals surface area (Å²) in [5.74, 6) is 0. The number of rotatable bonds is 3. The summed E-state index contributed by atoms with van der Waals surface area (Å²) in [6, 6.07) is 24.1. The molecule has 0 atom stereocenters. The van der Waals surface area contributed by atoms with E-state index in [2.05, 4.69) is 85.7 Å². The third kappa shape index (κ3) is 2.72. The van der Waals surface area contributed by atoms with Gasteiger partial charge in [0.15, 0.2) is 0 Å². The number of fused-ring (bicyclic) bond motifs is 1. The molecule has 3 aromatic carbocycles. The van der Waals surface area contributed by atoms with Crippen molar-refractivity contribution in [3.8, 4) is 0 Å². The molecule has 0 spiro atoms. The van der Waals surface area contributed by atoms with E-state index in [9.17, 15) is 0 Å². The summed E-state index contributed by atoms with van der Waals surface area (Å²) < 4.78 is 2.87. The van der Waals surface area contributed by atoms with Gasteiger partial charge in [-0.25, -0.2) is 0 Å². The van der Waals surface area contributed by atoms with E-state index >= 15 is 0 Å². The minimum atomic E-state index is 0.353. The van der Waals surface area contributed by atoms with Gasteiger partial charge in [-0.3, -0.25) is 0 Å². The van der Waals surface area contributed by atoms with Crippen LogP contribution in [0.3, 0.4) is 0 Å². The van der Waals surface area contributed by atoms with Crippen LogP contribution >= 0.6 is 0 Å². The van der Waals surface area contributed by atoms with Gasteiger partial charge in [-0.15, -0.1) is 0 Å². The molecule has 20 heavy (non-hydrogen) atoms. The molecule has 0 aromatic heterocycles. The van der Waals surface area contributed by atoms with Gasteiger partial charge in [0.05, 0.1) is 0 Å². The Labute approximate surface area is 126 Å². The SMILES string of the molecule is CN(C)c1ccc([Se]c2cccc3ccccc23)cc1. The van der Waals surface area contributed by atoms with Crippen molar-refractivity contribution in [3.63, 3.8) is 0 Å². The Bertz CT molecular complexity index is 712. The molecule has 2 heteroatoms. The van der Waals surface area contributed by atoms with E-state index in [4.69, 9.17) is 0 Å². The van der Waals surface area contributed by atoms with E-state index in [-0.39, 0.29) is 0 Å². The van der Waals surface area contributed by atoms with Crippen LogP contribution in [0, 0.1) is 0 Å². The van der Waals surface area contributed by atoms with Crippen molar-refractivity contribution < 1.29 is 0 Å². The molecule has 3 aromatic rings. The van der Waals surface area contributed by atoms with Crippen molar-refractivity contribution in [2.24, 2.45) is 0 Å². The van der Waals surface area contributed by atoms with Crippen LogP contribution in [-0.2, 0) is 0 Å². The van der Waals surface area contributed by atoms with Gasteiger partial charge >= 0.3 is 126 Å². The van der Waals surface area contributed by atoms with Crippen molar-refractivity contribution in [1.82, 2.24) is 0 Å². The molecule has 100 valence electrons. The van der Waals surface area contributed by atoms with Gasteiger partial charge in [-0.2, -0.15) is 0 Å². The molecule has 0 N–H and O–H groups in total. The summed E-state index contributed by atoms with van der Waals surface area (Å²) in [6.07, 6.45) is 0. The normalized spacial score (nSPS) is 10.7. The van der Waals surface area contributed by atoms with Crippen LogP contribution in [0.4, 0.5) is 5.69 Å². The fraction of sp³-hybridized carbons (Fsp3) is 0.111. The summed E-state index contributed by atoms with van der Waals surface area (Å²) in [5, 5.41) is 2.71. The molecule has 0 aliphatic carbocycles. The second kappa shape index (κ2) is 5.70. The van der Waals surface area contributed by atoms with E-state index in [1.165, 1.54) is 25.4 Å². The molecule has 0 aliphatic heterocycles. The van der Waals surface area contributed by atoms with Gasteiger partial charge in [0, 0.05) is 0 Å². The molecule has 0 heterocycles. The summed E-state index contributed by atoms with van der Waals surface area (Å²) in [7, 11) is 4.15. The number of benzene rings is 3. The molecule has 0 radical (unpaired) electrons. The zero-order valence-electron chi connectivity index (χ0n) is 11.7. The number of nitrogens with zero attached hydrogens (tertiary/aromatic N) is 1. The molecule has 0 bridgehead atoms. The third-order valence-electron chi connectivity index (χ3n) is 3.33. The zero-order valence-corrected chi connectivity index (χ0v) is 13.4. The maximum atomic E-state index is 2.25. The zero-order chi connectivity index (χ0) is 13.9. The Morgan fingerprint density at radius 1 is 0.750 bits per heavy atom. The topological polar surface area (TPSA) is 3.24 Å². The molecule has 0 amide bonds. The van der Waals surface area contributed by atoms with Crippen molar-refractivity contribution in [3.05, 3.63) is 66.7 Å². The van der Waals surface area contributed by atoms with Crippen LogP contribution < -0.4 is 13.8 Å². The van der Waals surface area contributed by atoms with Crippen molar-refractivity contribution in [2.75, 3.05) is 19.0 Å². The van der Waals surface area contributed by atoms with Gasteiger partial charge in [0.2, 0.25) is 0 Å². The first-order chi connectivity index (χ1) is 9.74. The predicted octanol–water partition coefficient (Wildman–Crippen LogP) is 2.56. The van der Waals surface area contributed by atoms with Gasteiger partial charge in [0.1, 0.15) is 0 Å². The second-order valence-corrected chi connectivity index (χ2v) is 7.31. The molecule has 1 nitrogen and oxygen atoms in total. The van der Waals surface area contributed by atoms with E-state index in [0.717, 1.165) is 0 Å². The third-order valence-corrected chi connectivity index (χ3v) is 5.60. The van der Waals surface area contributed by atoms with Gasteiger partial charge in [-0.1, -0.05) is 0 Å². The fourth-order valence-corrected chi connectivity index (χ4v) is 4.26. The van der Waals surface area contributed by atoms with Crippen molar-refractivity contribution >= 4 is 40.3 Å². The van der Waals surface area contributed by atoms with Crippen LogP contribution in [0.25, 0.3) is 10.8 Å². The first-order valence-corrected chi connectivity index (χ1v) is 8.38. The standard InChI is InChI=1S/C18H17NSe/c1-19(2)15-10-12-16(13-11-15)20-18-9-5-7-14-6-3-4-8-17(14)18/h3-13H,1-2H3. The van der Waals surface area contributed by atoms with Crippen LogP contribution in [0.2, 0.25) is 0 Å². The summed E-state index contributed by atoms with van der Waals surface area (Å²) >= 11 is 0.353. The van der Waals surface area contributed by atoms with Gasteiger partial charge < -0.3 is 0 Å². The van der Waals surface area contributed by atoms with E-state index in [1.54, 1.807) is 0 Å².